The first-order chi connectivity index (χ1) is 5.77. The van der Waals surface area contributed by atoms with E-state index in [4.69, 9.17) is 5.73 Å². The van der Waals surface area contributed by atoms with E-state index < -0.39 is 0 Å². The topological polar surface area (TPSA) is 46.3 Å². The van der Waals surface area contributed by atoms with E-state index in [1.54, 1.807) is 13.5 Å². The molecule has 0 spiro atoms. The summed E-state index contributed by atoms with van der Waals surface area (Å²) in [7, 11) is 1.66. The van der Waals surface area contributed by atoms with Crippen molar-refractivity contribution in [3.05, 3.63) is 29.8 Å². The van der Waals surface area contributed by atoms with Crippen molar-refractivity contribution in [2.45, 2.75) is 6.54 Å². The molecule has 3 heteroatoms. The van der Waals surface area contributed by atoms with Gasteiger partial charge in [-0.05, 0) is 17.7 Å². The zero-order valence-corrected chi connectivity index (χ0v) is 6.95. The Morgan fingerprint density at radius 3 is 2.92 bits per heavy atom. The third-order valence-corrected chi connectivity index (χ3v) is 1.67. The van der Waals surface area contributed by atoms with Crippen molar-refractivity contribution < 1.29 is 4.79 Å². The van der Waals surface area contributed by atoms with Gasteiger partial charge < -0.3 is 10.6 Å². The van der Waals surface area contributed by atoms with Crippen LogP contribution in [0.5, 0.6) is 0 Å². The van der Waals surface area contributed by atoms with E-state index in [2.05, 4.69) is 0 Å². The van der Waals surface area contributed by atoms with E-state index in [1.807, 2.05) is 24.3 Å². The van der Waals surface area contributed by atoms with Gasteiger partial charge in [-0.15, -0.1) is 0 Å². The van der Waals surface area contributed by atoms with Crippen molar-refractivity contribution in [1.82, 2.24) is 0 Å². The van der Waals surface area contributed by atoms with Gasteiger partial charge in [0, 0.05) is 19.3 Å². The standard InChI is InChI=1S/C9H11N2O/c1-11(7-12)9-4-2-3-8(5-9)6-10/h2-5H,6,10H2,1H3. The number of carbonyl (C=O) groups excluding carboxylic acids is 1. The molecule has 1 aromatic carbocycles. The number of hydrogen-bond donors (Lipinski definition) is 1. The highest BCUT2D eigenvalue weighted by molar-refractivity contribution is 5.74. The number of anilines is 1. The number of benzene rings is 1. The molecule has 3 nitrogen and oxygen atoms in total. The smallest absolute Gasteiger partial charge is 0.316 e. The summed E-state index contributed by atoms with van der Waals surface area (Å²) in [6.45, 7) is 0.487. The second-order valence-electron chi connectivity index (χ2n) is 2.52. The summed E-state index contributed by atoms with van der Waals surface area (Å²) in [5.41, 5.74) is 7.27. The molecule has 1 aromatic rings. The summed E-state index contributed by atoms with van der Waals surface area (Å²) >= 11 is 0. The molecule has 0 heterocycles. The first-order valence-electron chi connectivity index (χ1n) is 3.68. The van der Waals surface area contributed by atoms with E-state index in [9.17, 15) is 4.79 Å². The van der Waals surface area contributed by atoms with Gasteiger partial charge in [0.2, 0.25) is 0 Å². The number of amides is 1. The Bertz CT molecular complexity index is 273. The zero-order chi connectivity index (χ0) is 8.97. The maximum absolute atomic E-state index is 10.3. The van der Waals surface area contributed by atoms with Crippen LogP contribution in [-0.2, 0) is 11.3 Å². The lowest BCUT2D eigenvalue weighted by atomic mass is 10.2. The van der Waals surface area contributed by atoms with Gasteiger partial charge in [-0.1, -0.05) is 12.1 Å². The average Bonchev–Trinajstić information content (AvgIpc) is 2.17. The van der Waals surface area contributed by atoms with Crippen LogP contribution in [0.4, 0.5) is 5.69 Å². The first kappa shape index (κ1) is 8.74. The molecule has 63 valence electrons. The van der Waals surface area contributed by atoms with Crippen molar-refractivity contribution in [1.29, 1.82) is 0 Å². The minimum atomic E-state index is 0.487. The maximum Gasteiger partial charge on any atom is 0.316 e. The molecular weight excluding hydrogens is 152 g/mol. The predicted molar refractivity (Wildman–Crippen MR) is 48.4 cm³/mol. The van der Waals surface area contributed by atoms with Crippen LogP contribution >= 0.6 is 0 Å². The maximum atomic E-state index is 10.3. The zero-order valence-electron chi connectivity index (χ0n) is 6.95. The largest absolute Gasteiger partial charge is 0.326 e. The second-order valence-corrected chi connectivity index (χ2v) is 2.52. The Morgan fingerprint density at radius 1 is 1.58 bits per heavy atom. The Balaban J connectivity index is 2.93. The first-order valence-corrected chi connectivity index (χ1v) is 3.68. The van der Waals surface area contributed by atoms with E-state index in [-0.39, 0.29) is 0 Å². The molecule has 0 aromatic heterocycles. The number of nitrogens with two attached hydrogens (primary N) is 1. The third-order valence-electron chi connectivity index (χ3n) is 1.67. The van der Waals surface area contributed by atoms with Gasteiger partial charge in [0.15, 0.2) is 0 Å². The molecule has 1 rings (SSSR count). The molecule has 0 bridgehead atoms. The lowest BCUT2D eigenvalue weighted by molar-refractivity contribution is 0.554. The van der Waals surface area contributed by atoms with Crippen LogP contribution in [0.1, 0.15) is 5.56 Å². The van der Waals surface area contributed by atoms with E-state index in [0.717, 1.165) is 11.3 Å². The quantitative estimate of drug-likeness (QED) is 0.665. The monoisotopic (exact) mass is 163 g/mol. The second kappa shape index (κ2) is 3.88. The highest BCUT2D eigenvalue weighted by Crippen LogP contribution is 2.12. The number of nitrogens with zero attached hydrogens (tertiary/aromatic N) is 1. The molecule has 0 saturated heterocycles. The summed E-state index contributed by atoms with van der Waals surface area (Å²) in [6.07, 6.45) is 1.78. The van der Waals surface area contributed by atoms with Gasteiger partial charge in [-0.3, -0.25) is 4.79 Å². The highest BCUT2D eigenvalue weighted by atomic mass is 16.1. The van der Waals surface area contributed by atoms with Crippen LogP contribution in [0.3, 0.4) is 0 Å². The van der Waals surface area contributed by atoms with Crippen LogP contribution in [0.2, 0.25) is 0 Å². The van der Waals surface area contributed by atoms with Gasteiger partial charge in [0.05, 0.1) is 0 Å². The Morgan fingerprint density at radius 2 is 2.33 bits per heavy atom. The Hall–Kier alpha value is -1.35. The van der Waals surface area contributed by atoms with Crippen molar-refractivity contribution in [3.8, 4) is 0 Å². The summed E-state index contributed by atoms with van der Waals surface area (Å²) < 4.78 is 0. The molecule has 12 heavy (non-hydrogen) atoms. The summed E-state index contributed by atoms with van der Waals surface area (Å²) in [6, 6.07) is 7.49. The molecule has 0 aliphatic rings. The van der Waals surface area contributed by atoms with Gasteiger partial charge in [0.1, 0.15) is 0 Å². The molecular formula is C9H11N2O. The lowest BCUT2D eigenvalue weighted by Gasteiger charge is -2.09. The molecule has 0 aliphatic heterocycles. The van der Waals surface area contributed by atoms with E-state index >= 15 is 0 Å². The van der Waals surface area contributed by atoms with Crippen molar-refractivity contribution in [2.75, 3.05) is 11.9 Å². The van der Waals surface area contributed by atoms with Crippen molar-refractivity contribution in [3.63, 3.8) is 0 Å². The normalized spacial score (nSPS) is 9.50. The minimum Gasteiger partial charge on any atom is -0.326 e. The summed E-state index contributed by atoms with van der Waals surface area (Å²) in [4.78, 5) is 11.7. The van der Waals surface area contributed by atoms with Gasteiger partial charge in [-0.2, -0.15) is 0 Å². The van der Waals surface area contributed by atoms with Gasteiger partial charge >= 0.3 is 6.41 Å². The van der Waals surface area contributed by atoms with Crippen LogP contribution in [0.25, 0.3) is 0 Å². The Labute approximate surface area is 71.8 Å². The third kappa shape index (κ3) is 1.83. The molecule has 0 saturated carbocycles. The fraction of sp³-hybridized carbons (Fsp3) is 0.222. The molecule has 1 amide bonds. The van der Waals surface area contributed by atoms with Gasteiger partial charge in [0.25, 0.3) is 0 Å². The molecule has 0 atom stereocenters. The highest BCUT2D eigenvalue weighted by Gasteiger charge is 1.99. The molecule has 0 unspecified atom stereocenters. The lowest BCUT2D eigenvalue weighted by Crippen LogP contribution is -2.13. The average molecular weight is 163 g/mol. The number of hydrogen-bond acceptors (Lipinski definition) is 2. The van der Waals surface area contributed by atoms with Crippen molar-refractivity contribution >= 4 is 12.1 Å². The van der Waals surface area contributed by atoms with E-state index in [0.29, 0.717) is 6.54 Å². The number of rotatable bonds is 3. The van der Waals surface area contributed by atoms with Crippen LogP contribution in [-0.4, -0.2) is 13.5 Å². The van der Waals surface area contributed by atoms with Crippen LogP contribution < -0.4 is 10.6 Å². The van der Waals surface area contributed by atoms with Crippen LogP contribution in [0.15, 0.2) is 24.3 Å². The fourth-order valence-electron chi connectivity index (χ4n) is 0.945. The predicted octanol–water partition coefficient (Wildman–Crippen LogP) is 0.649. The van der Waals surface area contributed by atoms with Crippen LogP contribution in [0, 0.1) is 0 Å². The Kier molecular flexibility index (Phi) is 2.82. The molecule has 0 fully saturated rings. The summed E-state index contributed by atoms with van der Waals surface area (Å²) in [5, 5.41) is 0. The fourth-order valence-corrected chi connectivity index (χ4v) is 0.945. The molecule has 2 N–H and O–H groups in total. The SMILES string of the molecule is CN([C]=O)c1cccc(CN)c1. The van der Waals surface area contributed by atoms with E-state index in [1.165, 1.54) is 4.90 Å². The molecule has 1 radical (unpaired) electrons. The molecule has 0 aliphatic carbocycles. The van der Waals surface area contributed by atoms with Gasteiger partial charge in [-0.25, -0.2) is 0 Å². The van der Waals surface area contributed by atoms with Crippen molar-refractivity contribution in [2.24, 2.45) is 5.73 Å². The minimum absolute atomic E-state index is 0.487. The summed E-state index contributed by atoms with van der Waals surface area (Å²) in [5.74, 6) is 0.